The van der Waals surface area contributed by atoms with Crippen molar-refractivity contribution < 1.29 is 4.79 Å². The third-order valence-electron chi connectivity index (χ3n) is 1.54. The molecule has 0 bridgehead atoms. The number of amides is 1. The molecule has 0 spiro atoms. The minimum atomic E-state index is 0.171. The van der Waals surface area contributed by atoms with Crippen LogP contribution in [-0.2, 0) is 4.79 Å². The van der Waals surface area contributed by atoms with E-state index in [-0.39, 0.29) is 5.91 Å². The number of carbonyl (C=O) groups excluding carboxylic acids is 1. The summed E-state index contributed by atoms with van der Waals surface area (Å²) < 4.78 is 0. The van der Waals surface area contributed by atoms with Crippen molar-refractivity contribution in [1.29, 1.82) is 0 Å². The van der Waals surface area contributed by atoms with E-state index < -0.39 is 0 Å². The fourth-order valence-corrected chi connectivity index (χ4v) is 1.13. The number of carbonyl (C=O) groups is 1. The molecule has 0 unspecified atom stereocenters. The van der Waals surface area contributed by atoms with E-state index in [2.05, 4.69) is 6.92 Å². The molecule has 0 atom stereocenters. The number of rotatable bonds is 5. The van der Waals surface area contributed by atoms with Gasteiger partial charge in [0.15, 0.2) is 0 Å². The SMILES string of the molecule is CCCN(CC)C(=O)CCCl. The summed E-state index contributed by atoms with van der Waals surface area (Å²) in [6.07, 6.45) is 1.48. The summed E-state index contributed by atoms with van der Waals surface area (Å²) in [5.74, 6) is 0.600. The Labute approximate surface area is 73.5 Å². The predicted molar refractivity (Wildman–Crippen MR) is 47.9 cm³/mol. The van der Waals surface area contributed by atoms with Gasteiger partial charge in [-0.15, -0.1) is 11.6 Å². The number of nitrogens with zero attached hydrogens (tertiary/aromatic N) is 1. The van der Waals surface area contributed by atoms with Gasteiger partial charge < -0.3 is 4.90 Å². The number of hydrogen-bond acceptors (Lipinski definition) is 1. The van der Waals surface area contributed by atoms with Gasteiger partial charge in [0.2, 0.25) is 5.91 Å². The molecule has 0 aromatic rings. The van der Waals surface area contributed by atoms with E-state index in [0.29, 0.717) is 12.3 Å². The fourth-order valence-electron chi connectivity index (χ4n) is 0.968. The third kappa shape index (κ3) is 4.25. The molecule has 0 saturated carbocycles. The molecule has 0 radical (unpaired) electrons. The van der Waals surface area contributed by atoms with Crippen molar-refractivity contribution >= 4 is 17.5 Å². The highest BCUT2D eigenvalue weighted by Crippen LogP contribution is 1.96. The van der Waals surface area contributed by atoms with Gasteiger partial charge in [-0.25, -0.2) is 0 Å². The molecular formula is C8H16ClNO. The molecule has 0 aliphatic carbocycles. The molecule has 0 N–H and O–H groups in total. The first-order valence-electron chi connectivity index (χ1n) is 4.10. The molecule has 0 rings (SSSR count). The van der Waals surface area contributed by atoms with Crippen LogP contribution in [0, 0.1) is 0 Å². The zero-order valence-electron chi connectivity index (χ0n) is 7.27. The van der Waals surface area contributed by atoms with Crippen LogP contribution in [0.2, 0.25) is 0 Å². The minimum absolute atomic E-state index is 0.171. The summed E-state index contributed by atoms with van der Waals surface area (Å²) in [6, 6.07) is 0. The molecule has 0 saturated heterocycles. The number of alkyl halides is 1. The van der Waals surface area contributed by atoms with Crippen LogP contribution in [0.5, 0.6) is 0 Å². The Morgan fingerprint density at radius 2 is 2.09 bits per heavy atom. The van der Waals surface area contributed by atoms with Crippen LogP contribution in [-0.4, -0.2) is 29.8 Å². The predicted octanol–water partition coefficient (Wildman–Crippen LogP) is 1.87. The van der Waals surface area contributed by atoms with Gasteiger partial charge in [0.05, 0.1) is 0 Å². The topological polar surface area (TPSA) is 20.3 Å². The largest absolute Gasteiger partial charge is 0.343 e. The maximum Gasteiger partial charge on any atom is 0.223 e. The van der Waals surface area contributed by atoms with Crippen LogP contribution in [0.3, 0.4) is 0 Å². The van der Waals surface area contributed by atoms with Crippen molar-refractivity contribution in [2.45, 2.75) is 26.7 Å². The average Bonchev–Trinajstić information content (AvgIpc) is 2.00. The summed E-state index contributed by atoms with van der Waals surface area (Å²) in [4.78, 5) is 13.0. The van der Waals surface area contributed by atoms with E-state index in [1.807, 2.05) is 11.8 Å². The molecule has 0 heterocycles. The highest BCUT2D eigenvalue weighted by Gasteiger charge is 2.08. The Morgan fingerprint density at radius 1 is 1.45 bits per heavy atom. The van der Waals surface area contributed by atoms with Crippen LogP contribution >= 0.6 is 11.6 Å². The van der Waals surface area contributed by atoms with Crippen LogP contribution in [0.25, 0.3) is 0 Å². The zero-order valence-corrected chi connectivity index (χ0v) is 8.02. The smallest absolute Gasteiger partial charge is 0.223 e. The second-order valence-corrected chi connectivity index (χ2v) is 2.79. The standard InChI is InChI=1S/C8H16ClNO/c1-3-7-10(4-2)8(11)5-6-9/h3-7H2,1-2H3. The first-order valence-corrected chi connectivity index (χ1v) is 4.63. The highest BCUT2D eigenvalue weighted by molar-refractivity contribution is 6.18. The Hall–Kier alpha value is -0.240. The molecule has 2 nitrogen and oxygen atoms in total. The summed E-state index contributed by atoms with van der Waals surface area (Å²) in [6.45, 7) is 5.70. The molecule has 0 fully saturated rings. The van der Waals surface area contributed by atoms with E-state index in [0.717, 1.165) is 19.5 Å². The van der Waals surface area contributed by atoms with Crippen molar-refractivity contribution in [2.24, 2.45) is 0 Å². The van der Waals surface area contributed by atoms with Crippen molar-refractivity contribution in [3.05, 3.63) is 0 Å². The Balaban J connectivity index is 3.71. The summed E-state index contributed by atoms with van der Waals surface area (Å²) in [5.41, 5.74) is 0. The zero-order chi connectivity index (χ0) is 8.69. The molecule has 11 heavy (non-hydrogen) atoms. The third-order valence-corrected chi connectivity index (χ3v) is 1.73. The van der Waals surface area contributed by atoms with E-state index in [1.54, 1.807) is 0 Å². The Morgan fingerprint density at radius 3 is 2.45 bits per heavy atom. The molecule has 0 aliphatic rings. The van der Waals surface area contributed by atoms with Gasteiger partial charge in [0.25, 0.3) is 0 Å². The minimum Gasteiger partial charge on any atom is -0.343 e. The van der Waals surface area contributed by atoms with Gasteiger partial charge >= 0.3 is 0 Å². The monoisotopic (exact) mass is 177 g/mol. The molecule has 0 aliphatic heterocycles. The summed E-state index contributed by atoms with van der Waals surface area (Å²) in [7, 11) is 0. The van der Waals surface area contributed by atoms with Gasteiger partial charge in [-0.1, -0.05) is 6.92 Å². The van der Waals surface area contributed by atoms with Crippen LogP contribution in [0.1, 0.15) is 26.7 Å². The summed E-state index contributed by atoms with van der Waals surface area (Å²) >= 11 is 5.45. The lowest BCUT2D eigenvalue weighted by Gasteiger charge is -2.19. The maximum atomic E-state index is 11.2. The Bertz CT molecular complexity index is 117. The first kappa shape index (κ1) is 10.8. The lowest BCUT2D eigenvalue weighted by molar-refractivity contribution is -0.130. The quantitative estimate of drug-likeness (QED) is 0.588. The van der Waals surface area contributed by atoms with Crippen LogP contribution in [0.15, 0.2) is 0 Å². The molecular weight excluding hydrogens is 162 g/mol. The molecule has 66 valence electrons. The normalized spacial score (nSPS) is 9.73. The van der Waals surface area contributed by atoms with Crippen molar-refractivity contribution in [1.82, 2.24) is 4.90 Å². The van der Waals surface area contributed by atoms with Crippen LogP contribution < -0.4 is 0 Å². The number of hydrogen-bond donors (Lipinski definition) is 0. The van der Waals surface area contributed by atoms with Crippen molar-refractivity contribution in [3.8, 4) is 0 Å². The fraction of sp³-hybridized carbons (Fsp3) is 0.875. The van der Waals surface area contributed by atoms with Gasteiger partial charge in [-0.05, 0) is 13.3 Å². The number of halogens is 1. The van der Waals surface area contributed by atoms with Gasteiger partial charge in [0, 0.05) is 25.4 Å². The van der Waals surface area contributed by atoms with Gasteiger partial charge in [0.1, 0.15) is 0 Å². The second kappa shape index (κ2) is 6.47. The van der Waals surface area contributed by atoms with E-state index in [4.69, 9.17) is 11.6 Å². The molecule has 1 amide bonds. The van der Waals surface area contributed by atoms with Crippen molar-refractivity contribution in [3.63, 3.8) is 0 Å². The van der Waals surface area contributed by atoms with E-state index in [9.17, 15) is 4.79 Å². The summed E-state index contributed by atoms with van der Waals surface area (Å²) in [5, 5.41) is 0. The van der Waals surface area contributed by atoms with Crippen LogP contribution in [0.4, 0.5) is 0 Å². The first-order chi connectivity index (χ1) is 5.26. The van der Waals surface area contributed by atoms with Crippen molar-refractivity contribution in [2.75, 3.05) is 19.0 Å². The molecule has 0 aromatic heterocycles. The molecule has 3 heteroatoms. The lowest BCUT2D eigenvalue weighted by Crippen LogP contribution is -2.31. The molecule has 0 aromatic carbocycles. The average molecular weight is 178 g/mol. The van der Waals surface area contributed by atoms with Gasteiger partial charge in [-0.2, -0.15) is 0 Å². The van der Waals surface area contributed by atoms with Gasteiger partial charge in [-0.3, -0.25) is 4.79 Å². The highest BCUT2D eigenvalue weighted by atomic mass is 35.5. The Kier molecular flexibility index (Phi) is 6.33. The maximum absolute atomic E-state index is 11.2. The second-order valence-electron chi connectivity index (χ2n) is 2.41. The van der Waals surface area contributed by atoms with E-state index in [1.165, 1.54) is 0 Å². The van der Waals surface area contributed by atoms with E-state index >= 15 is 0 Å². The lowest BCUT2D eigenvalue weighted by atomic mass is 10.3.